The first-order chi connectivity index (χ1) is 8.60. The normalized spacial score (nSPS) is 15.0. The van der Waals surface area contributed by atoms with Gasteiger partial charge in [-0.2, -0.15) is 0 Å². The molecule has 0 aliphatic heterocycles. The predicted molar refractivity (Wildman–Crippen MR) is 77.9 cm³/mol. The SMILES string of the molecule is CCCNC(Cn1ccnc1C(C)C)C(C)CC. The molecule has 1 rings (SSSR count). The Morgan fingerprint density at radius 3 is 2.56 bits per heavy atom. The maximum Gasteiger partial charge on any atom is 0.111 e. The van der Waals surface area contributed by atoms with Crippen molar-refractivity contribution in [2.45, 2.75) is 66.0 Å². The van der Waals surface area contributed by atoms with E-state index in [-0.39, 0.29) is 0 Å². The third-order valence-corrected chi connectivity index (χ3v) is 3.64. The van der Waals surface area contributed by atoms with Gasteiger partial charge in [0.1, 0.15) is 5.82 Å². The van der Waals surface area contributed by atoms with Gasteiger partial charge in [-0.3, -0.25) is 0 Å². The number of rotatable bonds is 8. The van der Waals surface area contributed by atoms with Crippen LogP contribution in [0.15, 0.2) is 12.4 Å². The second-order valence-corrected chi connectivity index (χ2v) is 5.54. The molecule has 1 N–H and O–H groups in total. The molecule has 2 atom stereocenters. The van der Waals surface area contributed by atoms with E-state index in [1.54, 1.807) is 0 Å². The van der Waals surface area contributed by atoms with E-state index in [1.165, 1.54) is 18.7 Å². The van der Waals surface area contributed by atoms with Crippen LogP contribution in [0.3, 0.4) is 0 Å². The fourth-order valence-corrected chi connectivity index (χ4v) is 2.25. The first kappa shape index (κ1) is 15.2. The average Bonchev–Trinajstić information content (AvgIpc) is 2.81. The molecule has 0 fully saturated rings. The van der Waals surface area contributed by atoms with E-state index in [9.17, 15) is 0 Å². The molecular weight excluding hydrogens is 222 g/mol. The van der Waals surface area contributed by atoms with Crippen LogP contribution in [0, 0.1) is 5.92 Å². The summed E-state index contributed by atoms with van der Waals surface area (Å²) in [5, 5.41) is 3.68. The first-order valence-corrected chi connectivity index (χ1v) is 7.34. The molecule has 0 aliphatic rings. The first-order valence-electron chi connectivity index (χ1n) is 7.34. The molecule has 0 aromatic carbocycles. The monoisotopic (exact) mass is 251 g/mol. The number of nitrogens with zero attached hydrogens (tertiary/aromatic N) is 2. The lowest BCUT2D eigenvalue weighted by Gasteiger charge is -2.26. The highest BCUT2D eigenvalue weighted by molar-refractivity contribution is 4.98. The Labute approximate surface area is 112 Å². The van der Waals surface area contributed by atoms with Crippen molar-refractivity contribution in [1.29, 1.82) is 0 Å². The van der Waals surface area contributed by atoms with Crippen molar-refractivity contribution in [1.82, 2.24) is 14.9 Å². The fourth-order valence-electron chi connectivity index (χ4n) is 2.25. The summed E-state index contributed by atoms with van der Waals surface area (Å²) in [7, 11) is 0. The summed E-state index contributed by atoms with van der Waals surface area (Å²) in [4.78, 5) is 4.47. The van der Waals surface area contributed by atoms with Crippen molar-refractivity contribution in [3.8, 4) is 0 Å². The van der Waals surface area contributed by atoms with E-state index >= 15 is 0 Å². The Kier molecular flexibility index (Phi) is 6.41. The zero-order chi connectivity index (χ0) is 13.5. The van der Waals surface area contributed by atoms with E-state index < -0.39 is 0 Å². The Hall–Kier alpha value is -0.830. The predicted octanol–water partition coefficient (Wildman–Crippen LogP) is 3.42. The Morgan fingerprint density at radius 1 is 1.28 bits per heavy atom. The molecule has 0 saturated carbocycles. The van der Waals surface area contributed by atoms with Crippen LogP contribution in [0.1, 0.15) is 59.2 Å². The van der Waals surface area contributed by atoms with Crippen molar-refractivity contribution < 1.29 is 0 Å². The lowest BCUT2D eigenvalue weighted by atomic mass is 9.98. The van der Waals surface area contributed by atoms with Crippen LogP contribution in [-0.4, -0.2) is 22.1 Å². The van der Waals surface area contributed by atoms with Crippen molar-refractivity contribution in [2.75, 3.05) is 6.54 Å². The van der Waals surface area contributed by atoms with Gasteiger partial charge in [-0.05, 0) is 18.9 Å². The molecule has 18 heavy (non-hydrogen) atoms. The molecule has 1 aromatic rings. The van der Waals surface area contributed by atoms with Gasteiger partial charge in [0.05, 0.1) is 0 Å². The second kappa shape index (κ2) is 7.57. The van der Waals surface area contributed by atoms with Crippen LogP contribution >= 0.6 is 0 Å². The topological polar surface area (TPSA) is 29.9 Å². The molecule has 0 radical (unpaired) electrons. The van der Waals surface area contributed by atoms with Crippen LogP contribution in [0.4, 0.5) is 0 Å². The number of imidazole rings is 1. The zero-order valence-electron chi connectivity index (χ0n) is 12.6. The maximum atomic E-state index is 4.47. The minimum atomic E-state index is 0.490. The number of hydrogen-bond donors (Lipinski definition) is 1. The molecular formula is C15H29N3. The van der Waals surface area contributed by atoms with Gasteiger partial charge in [-0.1, -0.05) is 41.0 Å². The van der Waals surface area contributed by atoms with Gasteiger partial charge in [0.25, 0.3) is 0 Å². The molecule has 0 saturated heterocycles. The van der Waals surface area contributed by atoms with Crippen molar-refractivity contribution >= 4 is 0 Å². The third-order valence-electron chi connectivity index (χ3n) is 3.64. The summed E-state index contributed by atoms with van der Waals surface area (Å²) in [6, 6.07) is 0.543. The molecule has 104 valence electrons. The molecule has 0 bridgehead atoms. The fraction of sp³-hybridized carbons (Fsp3) is 0.800. The van der Waals surface area contributed by atoms with Crippen LogP contribution in [0.5, 0.6) is 0 Å². The highest BCUT2D eigenvalue weighted by Gasteiger charge is 2.17. The standard InChI is InChI=1S/C15H29N3/c1-6-8-16-14(13(5)7-2)11-18-10-9-17-15(18)12(3)4/h9-10,12-14,16H,6-8,11H2,1-5H3. The molecule has 0 spiro atoms. The van der Waals surface area contributed by atoms with Crippen LogP contribution in [0.2, 0.25) is 0 Å². The lowest BCUT2D eigenvalue weighted by Crippen LogP contribution is -2.39. The summed E-state index contributed by atoms with van der Waals surface area (Å²) in [6.45, 7) is 13.4. The lowest BCUT2D eigenvalue weighted by molar-refractivity contribution is 0.325. The highest BCUT2D eigenvalue weighted by atomic mass is 15.1. The third kappa shape index (κ3) is 4.13. The summed E-state index contributed by atoms with van der Waals surface area (Å²) in [5.74, 6) is 2.38. The molecule has 2 unspecified atom stereocenters. The van der Waals surface area contributed by atoms with E-state index in [1.807, 2.05) is 6.20 Å². The van der Waals surface area contributed by atoms with Gasteiger partial charge in [0.15, 0.2) is 0 Å². The Bertz CT molecular complexity index is 330. The second-order valence-electron chi connectivity index (χ2n) is 5.54. The summed E-state index contributed by atoms with van der Waals surface area (Å²) < 4.78 is 2.31. The minimum Gasteiger partial charge on any atom is -0.333 e. The van der Waals surface area contributed by atoms with Crippen LogP contribution in [-0.2, 0) is 6.54 Å². The Balaban J connectivity index is 2.72. The van der Waals surface area contributed by atoms with E-state index in [2.05, 4.69) is 55.7 Å². The van der Waals surface area contributed by atoms with E-state index in [0.29, 0.717) is 17.9 Å². The summed E-state index contributed by atoms with van der Waals surface area (Å²) in [5.41, 5.74) is 0. The van der Waals surface area contributed by atoms with E-state index in [0.717, 1.165) is 13.1 Å². The zero-order valence-corrected chi connectivity index (χ0v) is 12.6. The van der Waals surface area contributed by atoms with Crippen molar-refractivity contribution in [3.63, 3.8) is 0 Å². The minimum absolute atomic E-state index is 0.490. The van der Waals surface area contributed by atoms with Gasteiger partial charge >= 0.3 is 0 Å². The highest BCUT2D eigenvalue weighted by Crippen LogP contribution is 2.15. The summed E-state index contributed by atoms with van der Waals surface area (Å²) >= 11 is 0. The molecule has 3 nitrogen and oxygen atoms in total. The number of hydrogen-bond acceptors (Lipinski definition) is 2. The quantitative estimate of drug-likeness (QED) is 0.767. The van der Waals surface area contributed by atoms with Crippen molar-refractivity contribution in [2.24, 2.45) is 5.92 Å². The van der Waals surface area contributed by atoms with Crippen molar-refractivity contribution in [3.05, 3.63) is 18.2 Å². The van der Waals surface area contributed by atoms with Gasteiger partial charge in [-0.15, -0.1) is 0 Å². The molecule has 0 amide bonds. The number of aromatic nitrogens is 2. The van der Waals surface area contributed by atoms with Crippen LogP contribution < -0.4 is 5.32 Å². The number of nitrogens with one attached hydrogen (secondary N) is 1. The summed E-state index contributed by atoms with van der Waals surface area (Å²) in [6.07, 6.45) is 6.43. The largest absolute Gasteiger partial charge is 0.333 e. The molecule has 1 aromatic heterocycles. The Morgan fingerprint density at radius 2 is 2.00 bits per heavy atom. The van der Waals surface area contributed by atoms with Gasteiger partial charge in [-0.25, -0.2) is 4.98 Å². The van der Waals surface area contributed by atoms with Gasteiger partial charge < -0.3 is 9.88 Å². The average molecular weight is 251 g/mol. The van der Waals surface area contributed by atoms with Gasteiger partial charge in [0, 0.05) is 30.9 Å². The molecule has 1 heterocycles. The van der Waals surface area contributed by atoms with Gasteiger partial charge in [0.2, 0.25) is 0 Å². The van der Waals surface area contributed by atoms with Crippen LogP contribution in [0.25, 0.3) is 0 Å². The van der Waals surface area contributed by atoms with E-state index in [4.69, 9.17) is 0 Å². The maximum absolute atomic E-state index is 4.47. The molecule has 3 heteroatoms. The molecule has 0 aliphatic carbocycles. The smallest absolute Gasteiger partial charge is 0.111 e.